The van der Waals surface area contributed by atoms with Gasteiger partial charge < -0.3 is 14.8 Å². The van der Waals surface area contributed by atoms with E-state index in [-0.39, 0.29) is 0 Å². The quantitative estimate of drug-likeness (QED) is 0.520. The van der Waals surface area contributed by atoms with Crippen molar-refractivity contribution in [1.29, 1.82) is 0 Å². The van der Waals surface area contributed by atoms with Crippen LogP contribution in [-0.4, -0.2) is 30.2 Å². The number of benzene rings is 1. The monoisotopic (exact) mass is 208 g/mol. The molecule has 1 aromatic carbocycles. The van der Waals surface area contributed by atoms with E-state index >= 15 is 0 Å². The molecule has 0 aromatic heterocycles. The topological polar surface area (TPSA) is 66.8 Å². The number of ether oxygens (including phenoxy) is 1. The first-order valence-electron chi connectivity index (χ1n) is 4.53. The first kappa shape index (κ1) is 11.7. The molecule has 0 aliphatic carbocycles. The second-order valence-corrected chi connectivity index (χ2v) is 3.39. The number of carbonyl (C=O) groups excluding carboxylic acids is 1. The number of hydrogen-bond acceptors (Lipinski definition) is 4. The number of aryl methyl sites for hydroxylation is 2. The van der Waals surface area contributed by atoms with Crippen molar-refractivity contribution >= 4 is 18.6 Å². The smallest absolute Gasteiger partial charge is 0.465 e. The molecule has 0 spiro atoms. The van der Waals surface area contributed by atoms with Gasteiger partial charge in [-0.15, -0.1) is 0 Å². The Balaban J connectivity index is 3.25. The van der Waals surface area contributed by atoms with Crippen molar-refractivity contribution in [1.82, 2.24) is 0 Å². The Morgan fingerprint density at radius 1 is 1.27 bits per heavy atom. The molecule has 0 saturated heterocycles. The van der Waals surface area contributed by atoms with E-state index in [0.29, 0.717) is 22.2 Å². The molecule has 1 aromatic rings. The molecule has 0 bridgehead atoms. The van der Waals surface area contributed by atoms with Crippen LogP contribution in [0.5, 0.6) is 0 Å². The molecule has 0 atom stereocenters. The fourth-order valence-electron chi connectivity index (χ4n) is 1.62. The first-order chi connectivity index (χ1) is 6.97. The molecule has 0 aliphatic heterocycles. The summed E-state index contributed by atoms with van der Waals surface area (Å²) in [4.78, 5) is 11.3. The van der Waals surface area contributed by atoms with Crippen LogP contribution in [0.1, 0.15) is 21.5 Å². The molecule has 0 saturated carbocycles. The number of hydrogen-bond donors (Lipinski definition) is 2. The molecule has 5 heteroatoms. The van der Waals surface area contributed by atoms with Gasteiger partial charge in [0.1, 0.15) is 0 Å². The molecule has 80 valence electrons. The fraction of sp³-hybridized carbons (Fsp3) is 0.300. The molecule has 0 radical (unpaired) electrons. The summed E-state index contributed by atoms with van der Waals surface area (Å²) in [6, 6.07) is 3.15. The number of rotatable bonds is 2. The minimum absolute atomic E-state index is 0.414. The molecule has 0 amide bonds. The molecule has 2 N–H and O–H groups in total. The van der Waals surface area contributed by atoms with E-state index in [9.17, 15) is 4.79 Å². The van der Waals surface area contributed by atoms with Crippen molar-refractivity contribution in [2.75, 3.05) is 7.11 Å². The highest BCUT2D eigenvalue weighted by molar-refractivity contribution is 6.59. The van der Waals surface area contributed by atoms with Crippen LogP contribution in [0.4, 0.5) is 0 Å². The van der Waals surface area contributed by atoms with Crippen LogP contribution in [0.25, 0.3) is 0 Å². The van der Waals surface area contributed by atoms with Crippen molar-refractivity contribution in [3.63, 3.8) is 0 Å². The Labute approximate surface area is 88.6 Å². The number of esters is 1. The zero-order chi connectivity index (χ0) is 11.6. The van der Waals surface area contributed by atoms with Gasteiger partial charge in [0.2, 0.25) is 0 Å². The van der Waals surface area contributed by atoms with Gasteiger partial charge in [-0.3, -0.25) is 0 Å². The Bertz CT molecular complexity index is 364. The minimum Gasteiger partial charge on any atom is -0.465 e. The molecule has 15 heavy (non-hydrogen) atoms. The van der Waals surface area contributed by atoms with Crippen molar-refractivity contribution in [3.8, 4) is 0 Å². The Morgan fingerprint density at radius 2 is 1.73 bits per heavy atom. The lowest BCUT2D eigenvalue weighted by atomic mass is 9.74. The Kier molecular flexibility index (Phi) is 3.50. The van der Waals surface area contributed by atoms with Crippen LogP contribution in [0.15, 0.2) is 12.1 Å². The van der Waals surface area contributed by atoms with Gasteiger partial charge in [-0.05, 0) is 31.4 Å². The SMILES string of the molecule is COC(=O)c1cc(C)c(B(O)O)c(C)c1. The van der Waals surface area contributed by atoms with E-state index in [1.54, 1.807) is 26.0 Å². The summed E-state index contributed by atoms with van der Waals surface area (Å²) in [6.07, 6.45) is 0. The van der Waals surface area contributed by atoms with Crippen LogP contribution < -0.4 is 5.46 Å². The summed E-state index contributed by atoms with van der Waals surface area (Å²) in [5, 5.41) is 18.2. The predicted octanol–water partition coefficient (Wildman–Crippen LogP) is -0.230. The van der Waals surface area contributed by atoms with Gasteiger partial charge >= 0.3 is 13.1 Å². The second-order valence-electron chi connectivity index (χ2n) is 3.39. The zero-order valence-corrected chi connectivity index (χ0v) is 8.94. The highest BCUT2D eigenvalue weighted by Gasteiger charge is 2.19. The highest BCUT2D eigenvalue weighted by Crippen LogP contribution is 2.08. The summed E-state index contributed by atoms with van der Waals surface area (Å²) in [7, 11) is -0.210. The number of carbonyl (C=O) groups is 1. The summed E-state index contributed by atoms with van der Waals surface area (Å²) in [6.45, 7) is 3.43. The lowest BCUT2D eigenvalue weighted by molar-refractivity contribution is 0.0600. The van der Waals surface area contributed by atoms with E-state index < -0.39 is 13.1 Å². The van der Waals surface area contributed by atoms with Crippen LogP contribution in [-0.2, 0) is 4.74 Å². The lowest BCUT2D eigenvalue weighted by Crippen LogP contribution is -2.34. The largest absolute Gasteiger partial charge is 0.488 e. The molecule has 0 fully saturated rings. The normalized spacial score (nSPS) is 9.93. The van der Waals surface area contributed by atoms with Crippen molar-refractivity contribution in [2.45, 2.75) is 13.8 Å². The average Bonchev–Trinajstić information content (AvgIpc) is 2.14. The van der Waals surface area contributed by atoms with Gasteiger partial charge in [0.25, 0.3) is 0 Å². The van der Waals surface area contributed by atoms with E-state index in [1.807, 2.05) is 0 Å². The summed E-state index contributed by atoms with van der Waals surface area (Å²) >= 11 is 0. The maximum Gasteiger partial charge on any atom is 0.488 e. The van der Waals surface area contributed by atoms with Gasteiger partial charge in [-0.2, -0.15) is 0 Å². The molecule has 0 heterocycles. The third-order valence-electron chi connectivity index (χ3n) is 2.27. The average molecular weight is 208 g/mol. The summed E-state index contributed by atoms with van der Waals surface area (Å²) in [5.74, 6) is -0.430. The Hall–Kier alpha value is -1.33. The molecular weight excluding hydrogens is 195 g/mol. The van der Waals surface area contributed by atoms with Crippen molar-refractivity contribution in [2.24, 2.45) is 0 Å². The van der Waals surface area contributed by atoms with Gasteiger partial charge in [0.15, 0.2) is 0 Å². The van der Waals surface area contributed by atoms with Crippen molar-refractivity contribution in [3.05, 3.63) is 28.8 Å². The van der Waals surface area contributed by atoms with Gasteiger partial charge in [-0.1, -0.05) is 11.1 Å². The maximum atomic E-state index is 11.3. The molecule has 0 aliphatic rings. The van der Waals surface area contributed by atoms with Crippen molar-refractivity contribution < 1.29 is 19.6 Å². The third kappa shape index (κ3) is 2.37. The fourth-order valence-corrected chi connectivity index (χ4v) is 1.62. The molecular formula is C10H13BO4. The van der Waals surface area contributed by atoms with E-state index in [0.717, 1.165) is 0 Å². The van der Waals surface area contributed by atoms with Crippen LogP contribution >= 0.6 is 0 Å². The molecule has 0 unspecified atom stereocenters. The Morgan fingerprint density at radius 3 is 2.07 bits per heavy atom. The second kappa shape index (κ2) is 4.46. The minimum atomic E-state index is -1.52. The summed E-state index contributed by atoms with van der Waals surface area (Å²) < 4.78 is 4.58. The highest BCUT2D eigenvalue weighted by atomic mass is 16.5. The first-order valence-corrected chi connectivity index (χ1v) is 4.53. The van der Waals surface area contributed by atoms with Gasteiger partial charge in [-0.25, -0.2) is 4.79 Å². The van der Waals surface area contributed by atoms with Crippen LogP contribution in [0, 0.1) is 13.8 Å². The van der Waals surface area contributed by atoms with Crippen LogP contribution in [0.3, 0.4) is 0 Å². The third-order valence-corrected chi connectivity index (χ3v) is 2.27. The predicted molar refractivity (Wildman–Crippen MR) is 57.1 cm³/mol. The van der Waals surface area contributed by atoms with E-state index in [2.05, 4.69) is 4.74 Å². The van der Waals surface area contributed by atoms with E-state index in [4.69, 9.17) is 10.0 Å². The molecule has 4 nitrogen and oxygen atoms in total. The van der Waals surface area contributed by atoms with E-state index in [1.165, 1.54) is 7.11 Å². The maximum absolute atomic E-state index is 11.3. The lowest BCUT2D eigenvalue weighted by Gasteiger charge is -2.10. The van der Waals surface area contributed by atoms with Crippen LogP contribution in [0.2, 0.25) is 0 Å². The zero-order valence-electron chi connectivity index (χ0n) is 8.94. The van der Waals surface area contributed by atoms with Gasteiger partial charge in [0, 0.05) is 0 Å². The molecule has 1 rings (SSSR count). The summed E-state index contributed by atoms with van der Waals surface area (Å²) in [5.41, 5.74) is 2.16. The standard InChI is InChI=1S/C10H13BO4/c1-6-4-8(10(12)15-3)5-7(2)9(6)11(13)14/h4-5,13-14H,1-3H3. The van der Waals surface area contributed by atoms with Gasteiger partial charge in [0.05, 0.1) is 12.7 Å². The number of methoxy groups -OCH3 is 1.